The summed E-state index contributed by atoms with van der Waals surface area (Å²) in [4.78, 5) is 0. The molecular weight excluding hydrogens is 212 g/mol. The van der Waals surface area contributed by atoms with E-state index in [0.29, 0.717) is 0 Å². The first-order valence-corrected chi connectivity index (χ1v) is 7.46. The van der Waals surface area contributed by atoms with Crippen LogP contribution in [0.4, 0.5) is 0 Å². The lowest BCUT2D eigenvalue weighted by molar-refractivity contribution is 0.185. The van der Waals surface area contributed by atoms with Crippen LogP contribution in [-0.2, 0) is 4.74 Å². The maximum atomic E-state index is 5.40. The van der Waals surface area contributed by atoms with Crippen LogP contribution in [0.3, 0.4) is 0 Å². The number of ether oxygens (including phenoxy) is 1. The van der Waals surface area contributed by atoms with Crippen LogP contribution in [0.15, 0.2) is 0 Å². The third kappa shape index (κ3) is 3.01. The molecule has 3 nitrogen and oxygen atoms in total. The smallest absolute Gasteiger partial charge is 0.0507 e. The fraction of sp³-hybridized carbons (Fsp3) is 1.00. The van der Waals surface area contributed by atoms with Crippen LogP contribution in [-0.4, -0.2) is 38.4 Å². The monoisotopic (exact) mass is 238 g/mol. The molecule has 4 unspecified atom stereocenters. The Bertz CT molecular complexity index is 226. The van der Waals surface area contributed by atoms with Gasteiger partial charge in [0.25, 0.3) is 0 Å². The van der Waals surface area contributed by atoms with E-state index in [1.807, 2.05) is 0 Å². The van der Waals surface area contributed by atoms with Crippen molar-refractivity contribution >= 4 is 0 Å². The molecule has 0 bridgehead atoms. The van der Waals surface area contributed by atoms with Crippen molar-refractivity contribution < 1.29 is 4.74 Å². The van der Waals surface area contributed by atoms with E-state index in [0.717, 1.165) is 50.2 Å². The fourth-order valence-corrected chi connectivity index (χ4v) is 3.79. The Labute approximate surface area is 105 Å². The number of hydrogen-bond acceptors (Lipinski definition) is 3. The molecule has 17 heavy (non-hydrogen) atoms. The molecule has 2 saturated heterocycles. The van der Waals surface area contributed by atoms with E-state index < -0.39 is 0 Å². The van der Waals surface area contributed by atoms with Crippen LogP contribution < -0.4 is 10.6 Å². The molecule has 3 heteroatoms. The highest BCUT2D eigenvalue weighted by molar-refractivity contribution is 4.93. The van der Waals surface area contributed by atoms with E-state index in [2.05, 4.69) is 10.6 Å². The van der Waals surface area contributed by atoms with Gasteiger partial charge in [-0.15, -0.1) is 0 Å². The summed E-state index contributed by atoms with van der Waals surface area (Å²) >= 11 is 0. The summed E-state index contributed by atoms with van der Waals surface area (Å²) < 4.78 is 5.40. The van der Waals surface area contributed by atoms with Crippen molar-refractivity contribution in [1.29, 1.82) is 0 Å². The maximum absolute atomic E-state index is 5.40. The van der Waals surface area contributed by atoms with Crippen LogP contribution in [0, 0.1) is 11.8 Å². The first-order chi connectivity index (χ1) is 8.42. The average molecular weight is 238 g/mol. The Balaban J connectivity index is 1.35. The van der Waals surface area contributed by atoms with Crippen molar-refractivity contribution in [3.63, 3.8) is 0 Å². The Kier molecular flexibility index (Phi) is 3.99. The third-order valence-corrected chi connectivity index (χ3v) is 4.79. The van der Waals surface area contributed by atoms with Gasteiger partial charge in [-0.05, 0) is 37.5 Å². The Hall–Kier alpha value is -0.120. The van der Waals surface area contributed by atoms with Gasteiger partial charge in [-0.25, -0.2) is 0 Å². The molecule has 0 amide bonds. The van der Waals surface area contributed by atoms with Crippen LogP contribution in [0.25, 0.3) is 0 Å². The van der Waals surface area contributed by atoms with Gasteiger partial charge in [0.15, 0.2) is 0 Å². The van der Waals surface area contributed by atoms with Crippen LogP contribution >= 0.6 is 0 Å². The fourth-order valence-electron chi connectivity index (χ4n) is 3.79. The zero-order valence-electron chi connectivity index (χ0n) is 10.8. The summed E-state index contributed by atoms with van der Waals surface area (Å²) in [7, 11) is 0. The zero-order valence-corrected chi connectivity index (χ0v) is 10.8. The van der Waals surface area contributed by atoms with Gasteiger partial charge in [0.1, 0.15) is 0 Å². The van der Waals surface area contributed by atoms with Gasteiger partial charge in [-0.3, -0.25) is 0 Å². The van der Waals surface area contributed by atoms with Crippen molar-refractivity contribution in [3.05, 3.63) is 0 Å². The summed E-state index contributed by atoms with van der Waals surface area (Å²) in [5.41, 5.74) is 0. The highest BCUT2D eigenvalue weighted by atomic mass is 16.5. The van der Waals surface area contributed by atoms with Gasteiger partial charge in [0.05, 0.1) is 6.61 Å². The van der Waals surface area contributed by atoms with Crippen LogP contribution in [0.1, 0.15) is 38.5 Å². The SMILES string of the molecule is C1CCC2NC(CNCC3CCOC3)CC2C1. The van der Waals surface area contributed by atoms with Crippen molar-refractivity contribution in [3.8, 4) is 0 Å². The van der Waals surface area contributed by atoms with Gasteiger partial charge in [0, 0.05) is 31.8 Å². The molecule has 2 N–H and O–H groups in total. The van der Waals surface area contributed by atoms with E-state index in [1.54, 1.807) is 0 Å². The number of rotatable bonds is 4. The number of nitrogens with one attached hydrogen (secondary N) is 2. The van der Waals surface area contributed by atoms with E-state index >= 15 is 0 Å². The van der Waals surface area contributed by atoms with Crippen molar-refractivity contribution in [2.75, 3.05) is 26.3 Å². The molecule has 2 aliphatic heterocycles. The molecule has 3 aliphatic rings. The predicted molar refractivity (Wildman–Crippen MR) is 69.1 cm³/mol. The minimum atomic E-state index is 0.727. The molecule has 0 aromatic rings. The lowest BCUT2D eigenvalue weighted by Crippen LogP contribution is -2.39. The van der Waals surface area contributed by atoms with E-state index in [9.17, 15) is 0 Å². The molecule has 98 valence electrons. The second kappa shape index (κ2) is 5.68. The molecule has 4 atom stereocenters. The molecule has 1 saturated carbocycles. The number of hydrogen-bond donors (Lipinski definition) is 2. The van der Waals surface area contributed by atoms with E-state index in [-0.39, 0.29) is 0 Å². The van der Waals surface area contributed by atoms with Crippen molar-refractivity contribution in [1.82, 2.24) is 10.6 Å². The van der Waals surface area contributed by atoms with Crippen molar-refractivity contribution in [2.24, 2.45) is 11.8 Å². The molecule has 3 rings (SSSR count). The molecule has 0 spiro atoms. The number of fused-ring (bicyclic) bond motifs is 1. The second-order valence-corrected chi connectivity index (χ2v) is 6.14. The van der Waals surface area contributed by atoms with Gasteiger partial charge < -0.3 is 15.4 Å². The molecule has 3 fully saturated rings. The predicted octanol–water partition coefficient (Wildman–Crippen LogP) is 1.53. The van der Waals surface area contributed by atoms with Crippen molar-refractivity contribution in [2.45, 2.75) is 50.6 Å². The topological polar surface area (TPSA) is 33.3 Å². The molecule has 0 aromatic carbocycles. The van der Waals surface area contributed by atoms with Gasteiger partial charge in [0.2, 0.25) is 0 Å². The molecule has 2 heterocycles. The summed E-state index contributed by atoms with van der Waals surface area (Å²) in [5.74, 6) is 1.74. The quantitative estimate of drug-likeness (QED) is 0.779. The lowest BCUT2D eigenvalue weighted by atomic mass is 9.85. The first kappa shape index (κ1) is 11.9. The minimum absolute atomic E-state index is 0.727. The third-order valence-electron chi connectivity index (χ3n) is 4.79. The summed E-state index contributed by atoms with van der Waals surface area (Å²) in [6.45, 7) is 4.24. The Morgan fingerprint density at radius 3 is 2.88 bits per heavy atom. The Morgan fingerprint density at radius 2 is 2.06 bits per heavy atom. The molecular formula is C14H26N2O. The maximum Gasteiger partial charge on any atom is 0.0507 e. The zero-order chi connectivity index (χ0) is 11.5. The van der Waals surface area contributed by atoms with E-state index in [1.165, 1.54) is 38.5 Å². The summed E-state index contributed by atoms with van der Waals surface area (Å²) in [5, 5.41) is 7.46. The molecule has 1 aliphatic carbocycles. The van der Waals surface area contributed by atoms with Gasteiger partial charge in [-0.2, -0.15) is 0 Å². The lowest BCUT2D eigenvalue weighted by Gasteiger charge is -2.24. The highest BCUT2D eigenvalue weighted by Crippen LogP contribution is 2.32. The average Bonchev–Trinajstić information content (AvgIpc) is 2.96. The van der Waals surface area contributed by atoms with Crippen LogP contribution in [0.5, 0.6) is 0 Å². The normalized spacial score (nSPS) is 41.6. The summed E-state index contributed by atoms with van der Waals surface area (Å²) in [6, 6.07) is 1.57. The van der Waals surface area contributed by atoms with Crippen LogP contribution in [0.2, 0.25) is 0 Å². The molecule has 0 aromatic heterocycles. The van der Waals surface area contributed by atoms with Gasteiger partial charge >= 0.3 is 0 Å². The van der Waals surface area contributed by atoms with E-state index in [4.69, 9.17) is 4.74 Å². The largest absolute Gasteiger partial charge is 0.381 e. The standard InChI is InChI=1S/C14H26N2O/c1-2-4-14-12(3-1)7-13(16-14)9-15-8-11-5-6-17-10-11/h11-16H,1-10H2. The Morgan fingerprint density at radius 1 is 1.12 bits per heavy atom. The first-order valence-electron chi connectivity index (χ1n) is 7.46. The van der Waals surface area contributed by atoms with Gasteiger partial charge in [-0.1, -0.05) is 12.8 Å². The summed E-state index contributed by atoms with van der Waals surface area (Å²) in [6.07, 6.45) is 8.42. The minimum Gasteiger partial charge on any atom is -0.381 e. The molecule has 0 radical (unpaired) electrons. The highest BCUT2D eigenvalue weighted by Gasteiger charge is 2.34. The second-order valence-electron chi connectivity index (χ2n) is 6.14.